The molecule has 0 amide bonds. The molecule has 1 aromatic rings. The molecule has 0 radical (unpaired) electrons. The molecule has 0 N–H and O–H groups in total. The standard InChI is InChI=1S/C11H14O2/c1-7-4-9(11-6-13-11)10(12-3)5-8(7)2/h4-5,11H,6H2,1-3H3/t11-/m0/s1. The monoisotopic (exact) mass is 178 g/mol. The van der Waals surface area contributed by atoms with Crippen molar-refractivity contribution in [2.24, 2.45) is 0 Å². The van der Waals surface area contributed by atoms with E-state index in [-0.39, 0.29) is 6.10 Å². The summed E-state index contributed by atoms with van der Waals surface area (Å²) >= 11 is 0. The van der Waals surface area contributed by atoms with Crippen molar-refractivity contribution in [3.63, 3.8) is 0 Å². The van der Waals surface area contributed by atoms with Gasteiger partial charge in [0, 0.05) is 5.56 Å². The van der Waals surface area contributed by atoms with Crippen molar-refractivity contribution in [3.8, 4) is 5.75 Å². The number of ether oxygens (including phenoxy) is 2. The zero-order chi connectivity index (χ0) is 9.42. The highest BCUT2D eigenvalue weighted by molar-refractivity contribution is 5.44. The molecule has 0 bridgehead atoms. The Labute approximate surface area is 78.5 Å². The average molecular weight is 178 g/mol. The molecule has 2 heteroatoms. The number of hydrogen-bond donors (Lipinski definition) is 0. The van der Waals surface area contributed by atoms with Gasteiger partial charge in [0.05, 0.1) is 13.7 Å². The summed E-state index contributed by atoms with van der Waals surface area (Å²) in [5, 5.41) is 0. The van der Waals surface area contributed by atoms with Gasteiger partial charge < -0.3 is 9.47 Å². The number of hydrogen-bond acceptors (Lipinski definition) is 2. The van der Waals surface area contributed by atoms with Crippen molar-refractivity contribution in [1.82, 2.24) is 0 Å². The van der Waals surface area contributed by atoms with Crippen LogP contribution in [0.4, 0.5) is 0 Å². The molecule has 1 fully saturated rings. The van der Waals surface area contributed by atoms with E-state index in [1.807, 2.05) is 0 Å². The molecule has 0 aliphatic carbocycles. The minimum atomic E-state index is 0.272. The minimum Gasteiger partial charge on any atom is -0.496 e. The molecule has 1 saturated heterocycles. The molecular formula is C11H14O2. The van der Waals surface area contributed by atoms with Gasteiger partial charge in [0.1, 0.15) is 11.9 Å². The molecule has 0 saturated carbocycles. The summed E-state index contributed by atoms with van der Waals surface area (Å²) < 4.78 is 10.6. The molecule has 1 atom stereocenters. The maximum atomic E-state index is 5.30. The van der Waals surface area contributed by atoms with Gasteiger partial charge in [0.15, 0.2) is 0 Å². The molecule has 70 valence electrons. The third-order valence-electron chi connectivity index (χ3n) is 2.53. The van der Waals surface area contributed by atoms with Crippen molar-refractivity contribution in [1.29, 1.82) is 0 Å². The fraction of sp³-hybridized carbons (Fsp3) is 0.455. The fourth-order valence-electron chi connectivity index (χ4n) is 1.47. The zero-order valence-corrected chi connectivity index (χ0v) is 8.26. The molecule has 0 aromatic heterocycles. The molecule has 0 spiro atoms. The highest BCUT2D eigenvalue weighted by atomic mass is 16.6. The Morgan fingerprint density at radius 3 is 2.46 bits per heavy atom. The van der Waals surface area contributed by atoms with Crippen LogP contribution in [-0.2, 0) is 4.74 Å². The Hall–Kier alpha value is -1.02. The lowest BCUT2D eigenvalue weighted by Gasteiger charge is -2.09. The Balaban J connectivity index is 2.46. The highest BCUT2D eigenvalue weighted by Gasteiger charge is 2.28. The first kappa shape index (κ1) is 8.57. The van der Waals surface area contributed by atoms with Gasteiger partial charge >= 0.3 is 0 Å². The van der Waals surface area contributed by atoms with Crippen LogP contribution in [0, 0.1) is 13.8 Å². The van der Waals surface area contributed by atoms with Crippen LogP contribution in [0.15, 0.2) is 12.1 Å². The second-order valence-electron chi connectivity index (χ2n) is 3.50. The molecule has 2 nitrogen and oxygen atoms in total. The van der Waals surface area contributed by atoms with E-state index in [1.165, 1.54) is 16.7 Å². The van der Waals surface area contributed by atoms with Gasteiger partial charge in [0.25, 0.3) is 0 Å². The second kappa shape index (κ2) is 3.04. The smallest absolute Gasteiger partial charge is 0.125 e. The van der Waals surface area contributed by atoms with Gasteiger partial charge in [-0.25, -0.2) is 0 Å². The molecule has 1 aliphatic rings. The van der Waals surface area contributed by atoms with Crippen LogP contribution >= 0.6 is 0 Å². The highest BCUT2D eigenvalue weighted by Crippen LogP contribution is 2.37. The summed E-state index contributed by atoms with van der Waals surface area (Å²) in [5.41, 5.74) is 3.75. The van der Waals surface area contributed by atoms with E-state index < -0.39 is 0 Å². The maximum absolute atomic E-state index is 5.30. The van der Waals surface area contributed by atoms with Crippen LogP contribution < -0.4 is 4.74 Å². The van der Waals surface area contributed by atoms with Gasteiger partial charge in [-0.1, -0.05) is 0 Å². The summed E-state index contributed by atoms with van der Waals surface area (Å²) in [6.07, 6.45) is 0.272. The Morgan fingerprint density at radius 2 is 1.92 bits per heavy atom. The number of methoxy groups -OCH3 is 1. The first-order valence-electron chi connectivity index (χ1n) is 4.49. The van der Waals surface area contributed by atoms with Crippen molar-refractivity contribution in [3.05, 3.63) is 28.8 Å². The van der Waals surface area contributed by atoms with E-state index in [4.69, 9.17) is 9.47 Å². The van der Waals surface area contributed by atoms with E-state index in [1.54, 1.807) is 7.11 Å². The fourth-order valence-corrected chi connectivity index (χ4v) is 1.47. The van der Waals surface area contributed by atoms with E-state index in [2.05, 4.69) is 26.0 Å². The lowest BCUT2D eigenvalue weighted by Crippen LogP contribution is -1.93. The quantitative estimate of drug-likeness (QED) is 0.648. The Bertz CT molecular complexity index is 327. The normalized spacial score (nSPS) is 20.1. The minimum absolute atomic E-state index is 0.272. The number of aryl methyl sites for hydroxylation is 2. The summed E-state index contributed by atoms with van der Waals surface area (Å²) in [6, 6.07) is 4.23. The first-order chi connectivity index (χ1) is 6.22. The topological polar surface area (TPSA) is 21.8 Å². The van der Waals surface area contributed by atoms with Gasteiger partial charge in [-0.05, 0) is 37.1 Å². The van der Waals surface area contributed by atoms with E-state index in [0.29, 0.717) is 0 Å². The van der Waals surface area contributed by atoms with E-state index in [9.17, 15) is 0 Å². The van der Waals surface area contributed by atoms with Gasteiger partial charge in [0.2, 0.25) is 0 Å². The molecule has 1 heterocycles. The van der Waals surface area contributed by atoms with Crippen LogP contribution in [0.5, 0.6) is 5.75 Å². The van der Waals surface area contributed by atoms with E-state index >= 15 is 0 Å². The number of epoxide rings is 1. The zero-order valence-electron chi connectivity index (χ0n) is 8.26. The van der Waals surface area contributed by atoms with Crippen LogP contribution in [-0.4, -0.2) is 13.7 Å². The molecule has 1 aromatic carbocycles. The lowest BCUT2D eigenvalue weighted by molar-refractivity contribution is 0.383. The third kappa shape index (κ3) is 1.54. The van der Waals surface area contributed by atoms with Crippen LogP contribution in [0.3, 0.4) is 0 Å². The van der Waals surface area contributed by atoms with Crippen molar-refractivity contribution < 1.29 is 9.47 Å². The van der Waals surface area contributed by atoms with Crippen LogP contribution in [0.2, 0.25) is 0 Å². The van der Waals surface area contributed by atoms with Crippen LogP contribution in [0.25, 0.3) is 0 Å². The summed E-state index contributed by atoms with van der Waals surface area (Å²) in [7, 11) is 1.70. The SMILES string of the molecule is COc1cc(C)c(C)cc1[C@@H]1CO1. The number of benzene rings is 1. The lowest BCUT2D eigenvalue weighted by atomic mass is 10.0. The van der Waals surface area contributed by atoms with Gasteiger partial charge in [-0.15, -0.1) is 0 Å². The molecule has 13 heavy (non-hydrogen) atoms. The van der Waals surface area contributed by atoms with Crippen molar-refractivity contribution >= 4 is 0 Å². The third-order valence-corrected chi connectivity index (χ3v) is 2.53. The molecule has 1 aliphatic heterocycles. The van der Waals surface area contributed by atoms with Crippen LogP contribution in [0.1, 0.15) is 22.8 Å². The van der Waals surface area contributed by atoms with Crippen molar-refractivity contribution in [2.45, 2.75) is 20.0 Å². The molecule has 2 rings (SSSR count). The van der Waals surface area contributed by atoms with Crippen molar-refractivity contribution in [2.75, 3.05) is 13.7 Å². The van der Waals surface area contributed by atoms with E-state index in [0.717, 1.165) is 12.4 Å². The predicted octanol–water partition coefficient (Wildman–Crippen LogP) is 2.38. The Morgan fingerprint density at radius 1 is 1.31 bits per heavy atom. The Kier molecular flexibility index (Phi) is 2.00. The van der Waals surface area contributed by atoms with Gasteiger partial charge in [-0.2, -0.15) is 0 Å². The maximum Gasteiger partial charge on any atom is 0.125 e. The van der Waals surface area contributed by atoms with Gasteiger partial charge in [-0.3, -0.25) is 0 Å². The average Bonchev–Trinajstić information content (AvgIpc) is 2.92. The predicted molar refractivity (Wildman–Crippen MR) is 51.2 cm³/mol. The summed E-state index contributed by atoms with van der Waals surface area (Å²) in [6.45, 7) is 5.04. The number of rotatable bonds is 2. The first-order valence-corrected chi connectivity index (χ1v) is 4.49. The molecular weight excluding hydrogens is 164 g/mol. The molecule has 0 unspecified atom stereocenters. The largest absolute Gasteiger partial charge is 0.496 e. The second-order valence-corrected chi connectivity index (χ2v) is 3.50. The summed E-state index contributed by atoms with van der Waals surface area (Å²) in [4.78, 5) is 0. The summed E-state index contributed by atoms with van der Waals surface area (Å²) in [5.74, 6) is 0.950.